The van der Waals surface area contributed by atoms with Crippen LogP contribution in [0.2, 0.25) is 0 Å². The lowest BCUT2D eigenvalue weighted by Crippen LogP contribution is -2.34. The van der Waals surface area contributed by atoms with Gasteiger partial charge >= 0.3 is 5.97 Å². The van der Waals surface area contributed by atoms with Gasteiger partial charge in [0, 0.05) is 16.2 Å². The van der Waals surface area contributed by atoms with E-state index < -0.39 is 5.97 Å². The van der Waals surface area contributed by atoms with Gasteiger partial charge in [-0.25, -0.2) is 4.79 Å². The van der Waals surface area contributed by atoms with E-state index in [-0.39, 0.29) is 44.6 Å². The van der Waals surface area contributed by atoms with Gasteiger partial charge in [-0.05, 0) is 24.3 Å². The van der Waals surface area contributed by atoms with Crippen molar-refractivity contribution in [1.29, 1.82) is 0 Å². The molecule has 0 bridgehead atoms. The summed E-state index contributed by atoms with van der Waals surface area (Å²) in [5.74, 6) is -1.13. The number of nitrogens with zero attached hydrogens (tertiary/aromatic N) is 1. The Morgan fingerprint density at radius 1 is 0.812 bits per heavy atom. The lowest BCUT2D eigenvalue weighted by atomic mass is 10.4. The Kier molecular flexibility index (Phi) is 9.36. The second-order valence-corrected chi connectivity index (χ2v) is 8.66. The zero-order valence-electron chi connectivity index (χ0n) is 17.5. The third-order valence-electron chi connectivity index (χ3n) is 4.22. The number of amides is 2. The van der Waals surface area contributed by atoms with Gasteiger partial charge in [0.15, 0.2) is 0 Å². The first kappa shape index (κ1) is 24.1. The molecule has 0 aromatic heterocycles. The van der Waals surface area contributed by atoms with Crippen LogP contribution in [0.1, 0.15) is 13.3 Å². The SMILES string of the molecule is CCC(=O)OOCCOCCN1C(=O)C(Sc2ccccc2)=C(Sc2ccccc2)C1=O. The van der Waals surface area contributed by atoms with Crippen molar-refractivity contribution < 1.29 is 28.9 Å². The van der Waals surface area contributed by atoms with Gasteiger partial charge in [0.05, 0.1) is 29.6 Å². The Bertz CT molecular complexity index is 901. The Morgan fingerprint density at radius 3 is 1.84 bits per heavy atom. The molecule has 32 heavy (non-hydrogen) atoms. The van der Waals surface area contributed by atoms with Crippen molar-refractivity contribution in [2.75, 3.05) is 26.4 Å². The van der Waals surface area contributed by atoms with Gasteiger partial charge in [-0.2, -0.15) is 4.89 Å². The predicted octanol–water partition coefficient (Wildman–Crippen LogP) is 4.05. The second-order valence-electron chi connectivity index (χ2n) is 6.49. The maximum absolute atomic E-state index is 13.1. The average molecular weight is 474 g/mol. The van der Waals surface area contributed by atoms with Crippen LogP contribution in [-0.2, 0) is 28.9 Å². The average Bonchev–Trinajstić information content (AvgIpc) is 3.03. The molecule has 168 valence electrons. The number of rotatable bonds is 12. The number of hydrogen-bond acceptors (Lipinski definition) is 8. The summed E-state index contributed by atoms with van der Waals surface area (Å²) in [6.45, 7) is 2.15. The maximum Gasteiger partial charge on any atom is 0.342 e. The van der Waals surface area contributed by atoms with Gasteiger partial charge in [-0.15, -0.1) is 0 Å². The highest BCUT2D eigenvalue weighted by atomic mass is 32.2. The van der Waals surface area contributed by atoms with Gasteiger partial charge in [-0.3, -0.25) is 19.4 Å². The third-order valence-corrected chi connectivity index (χ3v) is 6.53. The fourth-order valence-corrected chi connectivity index (χ4v) is 4.71. The highest BCUT2D eigenvalue weighted by Crippen LogP contribution is 2.42. The molecule has 7 nitrogen and oxygen atoms in total. The minimum atomic E-state index is -0.462. The molecule has 0 spiro atoms. The van der Waals surface area contributed by atoms with Crippen molar-refractivity contribution in [3.8, 4) is 0 Å². The number of benzene rings is 2. The molecule has 0 saturated heterocycles. The van der Waals surface area contributed by atoms with E-state index in [0.717, 1.165) is 9.79 Å². The molecular formula is C23H23NO6S2. The molecule has 0 atom stereocenters. The van der Waals surface area contributed by atoms with Crippen molar-refractivity contribution in [1.82, 2.24) is 4.90 Å². The monoisotopic (exact) mass is 473 g/mol. The van der Waals surface area contributed by atoms with Crippen molar-refractivity contribution in [2.45, 2.75) is 23.1 Å². The summed E-state index contributed by atoms with van der Waals surface area (Å²) in [6, 6.07) is 19.0. The van der Waals surface area contributed by atoms with Gasteiger partial charge in [0.25, 0.3) is 11.8 Å². The Hall–Kier alpha value is -2.59. The van der Waals surface area contributed by atoms with Crippen LogP contribution in [0, 0.1) is 0 Å². The second kappa shape index (κ2) is 12.4. The zero-order chi connectivity index (χ0) is 22.8. The molecule has 0 unspecified atom stereocenters. The standard InChI is InChI=1S/C23H23NO6S2/c1-2-19(25)30-29-16-15-28-14-13-24-22(26)20(31-17-9-5-3-6-10-17)21(23(24)27)32-18-11-7-4-8-12-18/h3-12H,2,13-16H2,1H3. The lowest BCUT2D eigenvalue weighted by Gasteiger charge is -2.15. The van der Waals surface area contributed by atoms with Gasteiger partial charge in [0.1, 0.15) is 6.61 Å². The number of hydrogen-bond donors (Lipinski definition) is 0. The van der Waals surface area contributed by atoms with Crippen molar-refractivity contribution in [2.24, 2.45) is 0 Å². The summed E-state index contributed by atoms with van der Waals surface area (Å²) in [7, 11) is 0. The van der Waals surface area contributed by atoms with Crippen LogP contribution < -0.4 is 0 Å². The molecule has 0 radical (unpaired) electrons. The van der Waals surface area contributed by atoms with Gasteiger partial charge < -0.3 is 4.74 Å². The third kappa shape index (κ3) is 6.70. The van der Waals surface area contributed by atoms with E-state index in [1.165, 1.54) is 28.4 Å². The Morgan fingerprint density at radius 2 is 1.34 bits per heavy atom. The van der Waals surface area contributed by atoms with Crippen molar-refractivity contribution >= 4 is 41.3 Å². The van der Waals surface area contributed by atoms with Crippen LogP contribution in [-0.4, -0.2) is 49.0 Å². The molecule has 0 saturated carbocycles. The fraction of sp³-hybridized carbons (Fsp3) is 0.261. The number of carbonyl (C=O) groups excluding carboxylic acids is 3. The minimum absolute atomic E-state index is 0.0656. The smallest absolute Gasteiger partial charge is 0.342 e. The number of ether oxygens (including phenoxy) is 1. The molecule has 1 aliphatic rings. The molecule has 2 aromatic rings. The first-order valence-electron chi connectivity index (χ1n) is 10.1. The van der Waals surface area contributed by atoms with Crippen LogP contribution >= 0.6 is 23.5 Å². The first-order chi connectivity index (χ1) is 15.6. The van der Waals surface area contributed by atoms with E-state index >= 15 is 0 Å². The molecule has 2 aromatic carbocycles. The molecule has 0 fully saturated rings. The quantitative estimate of drug-likeness (QED) is 0.198. The molecule has 2 amide bonds. The molecule has 9 heteroatoms. The van der Waals surface area contributed by atoms with Crippen LogP contribution in [0.5, 0.6) is 0 Å². The summed E-state index contributed by atoms with van der Waals surface area (Å²) in [5.41, 5.74) is 0. The molecular weight excluding hydrogens is 450 g/mol. The van der Waals surface area contributed by atoms with Crippen LogP contribution in [0.3, 0.4) is 0 Å². The molecule has 1 heterocycles. The number of carbonyl (C=O) groups is 3. The van der Waals surface area contributed by atoms with Crippen LogP contribution in [0.25, 0.3) is 0 Å². The van der Waals surface area contributed by atoms with Crippen molar-refractivity contribution in [3.63, 3.8) is 0 Å². The van der Waals surface area contributed by atoms with E-state index in [4.69, 9.17) is 9.62 Å². The highest BCUT2D eigenvalue weighted by Gasteiger charge is 2.39. The van der Waals surface area contributed by atoms with Crippen molar-refractivity contribution in [3.05, 3.63) is 70.5 Å². The van der Waals surface area contributed by atoms with Crippen LogP contribution in [0.4, 0.5) is 0 Å². The Balaban J connectivity index is 1.61. The van der Waals surface area contributed by atoms with Gasteiger partial charge in [-0.1, -0.05) is 66.8 Å². The topological polar surface area (TPSA) is 82.1 Å². The fourth-order valence-electron chi connectivity index (χ4n) is 2.64. The highest BCUT2D eigenvalue weighted by molar-refractivity contribution is 8.08. The van der Waals surface area contributed by atoms with E-state index in [2.05, 4.69) is 4.89 Å². The summed E-state index contributed by atoms with van der Waals surface area (Å²) in [4.78, 5) is 50.1. The summed E-state index contributed by atoms with van der Waals surface area (Å²) >= 11 is 2.57. The normalized spacial score (nSPS) is 13.7. The molecule has 3 rings (SSSR count). The zero-order valence-corrected chi connectivity index (χ0v) is 19.2. The van der Waals surface area contributed by atoms with E-state index in [1.54, 1.807) is 6.92 Å². The predicted molar refractivity (Wildman–Crippen MR) is 121 cm³/mol. The van der Waals surface area contributed by atoms with E-state index in [9.17, 15) is 14.4 Å². The minimum Gasteiger partial charge on any atom is -0.377 e. The van der Waals surface area contributed by atoms with E-state index in [0.29, 0.717) is 9.81 Å². The molecule has 0 aliphatic carbocycles. The first-order valence-corrected chi connectivity index (χ1v) is 11.7. The summed E-state index contributed by atoms with van der Waals surface area (Å²) < 4.78 is 5.42. The van der Waals surface area contributed by atoms with Crippen LogP contribution in [0.15, 0.2) is 80.3 Å². The molecule has 0 N–H and O–H groups in total. The maximum atomic E-state index is 13.1. The van der Waals surface area contributed by atoms with E-state index in [1.807, 2.05) is 60.7 Å². The summed E-state index contributed by atoms with van der Waals surface area (Å²) in [6.07, 6.45) is 0.222. The number of imide groups is 1. The van der Waals surface area contributed by atoms with Gasteiger partial charge in [0.2, 0.25) is 0 Å². The summed E-state index contributed by atoms with van der Waals surface area (Å²) in [5, 5.41) is 0. The molecule has 1 aliphatic heterocycles. The lowest BCUT2D eigenvalue weighted by molar-refractivity contribution is -0.276. The number of thioether (sulfide) groups is 2. The Labute approximate surface area is 195 Å². The largest absolute Gasteiger partial charge is 0.377 e.